The van der Waals surface area contributed by atoms with Crippen LogP contribution >= 0.6 is 0 Å². The summed E-state index contributed by atoms with van der Waals surface area (Å²) in [5.74, 6) is 0.929. The molecule has 1 aliphatic rings. The molecule has 4 rings (SSSR count). The number of rotatable bonds is 4. The number of nitrogens with one attached hydrogen (secondary N) is 1. The molecule has 1 amide bonds. The van der Waals surface area contributed by atoms with Crippen molar-refractivity contribution in [2.75, 3.05) is 41.3 Å². The Hall–Kier alpha value is -3.92. The molecular weight excluding hydrogens is 376 g/mol. The van der Waals surface area contributed by atoms with Crippen LogP contribution in [0.1, 0.15) is 21.9 Å². The molecule has 1 N–H and O–H groups in total. The molecule has 2 aromatic carbocycles. The van der Waals surface area contributed by atoms with Crippen molar-refractivity contribution in [3.05, 3.63) is 77.7 Å². The van der Waals surface area contributed by atoms with Crippen LogP contribution in [0.25, 0.3) is 0 Å². The molecule has 1 aliphatic heterocycles. The lowest BCUT2D eigenvalue weighted by molar-refractivity contribution is 0.102. The van der Waals surface area contributed by atoms with Gasteiger partial charge in [0.15, 0.2) is 0 Å². The van der Waals surface area contributed by atoms with Crippen molar-refractivity contribution in [3.8, 4) is 6.07 Å². The zero-order valence-corrected chi connectivity index (χ0v) is 16.7. The van der Waals surface area contributed by atoms with Crippen LogP contribution in [-0.2, 0) is 0 Å². The number of aromatic nitrogens is 2. The second-order valence-corrected chi connectivity index (χ2v) is 7.08. The molecule has 0 atom stereocenters. The van der Waals surface area contributed by atoms with Gasteiger partial charge in [-0.3, -0.25) is 4.79 Å². The second-order valence-electron chi connectivity index (χ2n) is 7.08. The van der Waals surface area contributed by atoms with Crippen LogP contribution in [0, 0.1) is 18.3 Å². The number of anilines is 3. The summed E-state index contributed by atoms with van der Waals surface area (Å²) in [5, 5.41) is 12.0. The Balaban J connectivity index is 1.48. The summed E-state index contributed by atoms with van der Waals surface area (Å²) in [4.78, 5) is 26.1. The van der Waals surface area contributed by atoms with Crippen LogP contribution in [0.5, 0.6) is 0 Å². The van der Waals surface area contributed by atoms with E-state index in [0.29, 0.717) is 17.1 Å². The van der Waals surface area contributed by atoms with Crippen molar-refractivity contribution >= 4 is 23.1 Å². The molecule has 0 unspecified atom stereocenters. The second kappa shape index (κ2) is 8.62. The topological polar surface area (TPSA) is 85.1 Å². The standard InChI is InChI=1S/C23H22N6O/c1-17-25-21(23(30)27-20-10-6-5-7-18(20)16-24)15-22(26-17)29-13-11-28(12-14-29)19-8-3-2-4-9-19/h2-10,15H,11-14H2,1H3,(H,27,30). The van der Waals surface area contributed by atoms with E-state index >= 15 is 0 Å². The number of nitriles is 1. The van der Waals surface area contributed by atoms with E-state index in [-0.39, 0.29) is 11.6 Å². The fourth-order valence-corrected chi connectivity index (χ4v) is 3.54. The molecule has 7 nitrogen and oxygen atoms in total. The molecule has 0 aliphatic carbocycles. The predicted molar refractivity (Wildman–Crippen MR) is 117 cm³/mol. The van der Waals surface area contributed by atoms with Crippen molar-refractivity contribution in [1.82, 2.24) is 9.97 Å². The quantitative estimate of drug-likeness (QED) is 0.726. The molecular formula is C23H22N6O. The van der Waals surface area contributed by atoms with Gasteiger partial charge in [0.25, 0.3) is 5.91 Å². The number of hydrogen-bond acceptors (Lipinski definition) is 6. The molecule has 0 radical (unpaired) electrons. The Labute approximate surface area is 175 Å². The monoisotopic (exact) mass is 398 g/mol. The van der Waals surface area contributed by atoms with Crippen LogP contribution in [0.15, 0.2) is 60.7 Å². The number of para-hydroxylation sites is 2. The summed E-state index contributed by atoms with van der Waals surface area (Å²) >= 11 is 0. The summed E-state index contributed by atoms with van der Waals surface area (Å²) in [6, 6.07) is 21.1. The maximum absolute atomic E-state index is 12.8. The summed E-state index contributed by atoms with van der Waals surface area (Å²) in [7, 11) is 0. The lowest BCUT2D eigenvalue weighted by atomic mass is 10.2. The molecule has 1 aromatic heterocycles. The van der Waals surface area contributed by atoms with Crippen molar-refractivity contribution in [2.24, 2.45) is 0 Å². The van der Waals surface area contributed by atoms with Crippen molar-refractivity contribution < 1.29 is 4.79 Å². The van der Waals surface area contributed by atoms with Gasteiger partial charge in [-0.1, -0.05) is 30.3 Å². The minimum Gasteiger partial charge on any atom is -0.368 e. The summed E-state index contributed by atoms with van der Waals surface area (Å²) in [6.45, 7) is 5.16. The van der Waals surface area contributed by atoms with E-state index < -0.39 is 0 Å². The van der Waals surface area contributed by atoms with E-state index in [4.69, 9.17) is 0 Å². The van der Waals surface area contributed by atoms with E-state index in [0.717, 1.165) is 32.0 Å². The first-order chi connectivity index (χ1) is 14.6. The van der Waals surface area contributed by atoms with Gasteiger partial charge >= 0.3 is 0 Å². The average Bonchev–Trinajstić information content (AvgIpc) is 2.79. The Morgan fingerprint density at radius 3 is 2.37 bits per heavy atom. The zero-order chi connectivity index (χ0) is 20.9. The number of carbonyl (C=O) groups is 1. The van der Waals surface area contributed by atoms with Crippen LogP contribution in [0.2, 0.25) is 0 Å². The van der Waals surface area contributed by atoms with Gasteiger partial charge in [0, 0.05) is 37.9 Å². The lowest BCUT2D eigenvalue weighted by Gasteiger charge is -2.36. The van der Waals surface area contributed by atoms with E-state index in [1.54, 1.807) is 37.3 Å². The third-order valence-corrected chi connectivity index (χ3v) is 5.08. The van der Waals surface area contributed by atoms with E-state index in [1.165, 1.54) is 5.69 Å². The van der Waals surface area contributed by atoms with Crippen LogP contribution in [-0.4, -0.2) is 42.1 Å². The number of benzene rings is 2. The summed E-state index contributed by atoms with van der Waals surface area (Å²) in [5.41, 5.74) is 2.39. The third-order valence-electron chi connectivity index (χ3n) is 5.08. The largest absolute Gasteiger partial charge is 0.368 e. The number of nitrogens with zero attached hydrogens (tertiary/aromatic N) is 5. The lowest BCUT2D eigenvalue weighted by Crippen LogP contribution is -2.47. The highest BCUT2D eigenvalue weighted by atomic mass is 16.1. The highest BCUT2D eigenvalue weighted by molar-refractivity contribution is 6.04. The van der Waals surface area contributed by atoms with Crippen molar-refractivity contribution in [3.63, 3.8) is 0 Å². The van der Waals surface area contributed by atoms with Crippen molar-refractivity contribution in [2.45, 2.75) is 6.92 Å². The van der Waals surface area contributed by atoms with Crippen molar-refractivity contribution in [1.29, 1.82) is 5.26 Å². The molecule has 150 valence electrons. The fraction of sp³-hybridized carbons (Fsp3) is 0.217. The number of carbonyl (C=O) groups excluding carboxylic acids is 1. The highest BCUT2D eigenvalue weighted by Crippen LogP contribution is 2.21. The zero-order valence-electron chi connectivity index (χ0n) is 16.7. The molecule has 3 aromatic rings. The van der Waals surface area contributed by atoms with Crippen LogP contribution in [0.4, 0.5) is 17.2 Å². The van der Waals surface area contributed by atoms with Gasteiger partial charge in [0.05, 0.1) is 11.3 Å². The Morgan fingerprint density at radius 2 is 1.63 bits per heavy atom. The Bertz CT molecular complexity index is 1080. The highest BCUT2D eigenvalue weighted by Gasteiger charge is 2.20. The average molecular weight is 398 g/mol. The first-order valence-corrected chi connectivity index (χ1v) is 9.85. The minimum absolute atomic E-state index is 0.288. The van der Waals surface area contributed by atoms with Gasteiger partial charge in [0.1, 0.15) is 23.4 Å². The molecule has 1 saturated heterocycles. The molecule has 30 heavy (non-hydrogen) atoms. The van der Waals surface area contributed by atoms with Gasteiger partial charge in [-0.2, -0.15) is 5.26 Å². The van der Waals surface area contributed by atoms with Crippen LogP contribution in [0.3, 0.4) is 0 Å². The Kier molecular flexibility index (Phi) is 5.57. The number of aryl methyl sites for hydroxylation is 1. The maximum Gasteiger partial charge on any atom is 0.274 e. The van der Waals surface area contributed by atoms with E-state index in [2.05, 4.69) is 43.3 Å². The van der Waals surface area contributed by atoms with Gasteiger partial charge in [-0.05, 0) is 31.2 Å². The SMILES string of the molecule is Cc1nc(C(=O)Nc2ccccc2C#N)cc(N2CCN(c3ccccc3)CC2)n1. The first-order valence-electron chi connectivity index (χ1n) is 9.85. The van der Waals surface area contributed by atoms with E-state index in [9.17, 15) is 10.1 Å². The molecule has 0 saturated carbocycles. The summed E-state index contributed by atoms with van der Waals surface area (Å²) in [6.07, 6.45) is 0. The van der Waals surface area contributed by atoms with Gasteiger partial charge in [-0.15, -0.1) is 0 Å². The predicted octanol–water partition coefficient (Wildman–Crippen LogP) is 3.24. The molecule has 1 fully saturated rings. The maximum atomic E-state index is 12.8. The third kappa shape index (κ3) is 4.23. The van der Waals surface area contributed by atoms with E-state index in [1.807, 2.05) is 18.2 Å². The molecule has 0 bridgehead atoms. The van der Waals surface area contributed by atoms with Crippen LogP contribution < -0.4 is 15.1 Å². The minimum atomic E-state index is -0.354. The Morgan fingerprint density at radius 1 is 0.967 bits per heavy atom. The normalized spacial score (nSPS) is 13.6. The van der Waals surface area contributed by atoms with Gasteiger partial charge in [0.2, 0.25) is 0 Å². The molecule has 0 spiro atoms. The fourth-order valence-electron chi connectivity index (χ4n) is 3.54. The number of hydrogen-bond donors (Lipinski definition) is 1. The number of amides is 1. The summed E-state index contributed by atoms with van der Waals surface area (Å²) < 4.78 is 0. The molecule has 7 heteroatoms. The smallest absolute Gasteiger partial charge is 0.274 e. The number of piperazine rings is 1. The van der Waals surface area contributed by atoms with Gasteiger partial charge < -0.3 is 15.1 Å². The molecule has 2 heterocycles. The van der Waals surface area contributed by atoms with Gasteiger partial charge in [-0.25, -0.2) is 9.97 Å². The first kappa shape index (κ1) is 19.4.